The number of hydrogen-bond acceptors (Lipinski definition) is 6. The third-order valence-corrected chi connectivity index (χ3v) is 2.81. The Bertz CT molecular complexity index is 479. The third-order valence-electron chi connectivity index (χ3n) is 2.81. The molecule has 1 saturated heterocycles. The average molecular weight is 453 g/mol. The van der Waals surface area contributed by atoms with Crippen LogP contribution in [-0.4, -0.2) is 44.7 Å². The Hall–Kier alpha value is 0.00156. The van der Waals surface area contributed by atoms with Crippen molar-refractivity contribution in [3.05, 3.63) is 22.6 Å². The Morgan fingerprint density at radius 3 is 3.00 bits per heavy atom. The first-order chi connectivity index (χ1) is 7.70. The van der Waals surface area contributed by atoms with Gasteiger partial charge in [-0.15, -0.1) is 0 Å². The van der Waals surface area contributed by atoms with E-state index in [2.05, 4.69) is 4.98 Å². The van der Waals surface area contributed by atoms with Gasteiger partial charge in [-0.3, -0.25) is 9.36 Å². The normalized spacial score (nSPS) is 33.5. The van der Waals surface area contributed by atoms with Gasteiger partial charge in [0.05, 0.1) is 6.61 Å². The Morgan fingerprint density at radius 1 is 1.53 bits per heavy atom. The standard InChI is InChI=1S/C9H10N2O5.Ac/c12-3-4-6(14)7-8(15-4)11-2-1-5(13)10-9(11)16-7;/h1-2,4,6-8,12,14H,3H2;/t4-,6+,7?,8-;/m1./s1. The van der Waals surface area contributed by atoms with Crippen molar-refractivity contribution in [2.24, 2.45) is 0 Å². The Morgan fingerprint density at radius 2 is 2.29 bits per heavy atom. The van der Waals surface area contributed by atoms with Crippen LogP contribution in [0.25, 0.3) is 0 Å². The fourth-order valence-electron chi connectivity index (χ4n) is 2.02. The molecular formula is C9H10AcN2O5. The summed E-state index contributed by atoms with van der Waals surface area (Å²) in [5.41, 5.74) is -0.403. The Kier molecular flexibility index (Phi) is 3.90. The molecule has 89 valence electrons. The van der Waals surface area contributed by atoms with Gasteiger partial charge in [-0.25, -0.2) is 0 Å². The number of aliphatic hydroxyl groups excluding tert-OH is 2. The van der Waals surface area contributed by atoms with Crippen molar-refractivity contribution in [2.75, 3.05) is 6.61 Å². The predicted molar refractivity (Wildman–Crippen MR) is 49.9 cm³/mol. The molecule has 7 nitrogen and oxygen atoms in total. The van der Waals surface area contributed by atoms with E-state index in [0.717, 1.165) is 0 Å². The summed E-state index contributed by atoms with van der Waals surface area (Å²) >= 11 is 0. The molecule has 4 atom stereocenters. The minimum absolute atomic E-state index is 0. The molecule has 3 heterocycles. The molecule has 2 aliphatic rings. The minimum Gasteiger partial charge on any atom is -0.453 e. The maximum Gasteiger partial charge on any atom is 0.302 e. The molecule has 0 amide bonds. The van der Waals surface area contributed by atoms with E-state index >= 15 is 0 Å². The van der Waals surface area contributed by atoms with Gasteiger partial charge < -0.3 is 19.7 Å². The molecule has 1 aromatic rings. The summed E-state index contributed by atoms with van der Waals surface area (Å²) in [5, 5.41) is 18.7. The first-order valence-electron chi connectivity index (χ1n) is 4.91. The van der Waals surface area contributed by atoms with Gasteiger partial charge in [-0.05, 0) is 0 Å². The van der Waals surface area contributed by atoms with E-state index in [-0.39, 0.29) is 56.7 Å². The molecule has 0 bridgehead atoms. The summed E-state index contributed by atoms with van der Waals surface area (Å²) < 4.78 is 12.3. The average Bonchev–Trinajstić information content (AvgIpc) is 2.75. The number of hydrogen-bond donors (Lipinski definition) is 2. The maximum absolute atomic E-state index is 11.0. The SMILES string of the molecule is O=c1ccn2c(n1)OC1[C@@H](O)[C@@H](CO)O[C@H]12.[Ac]. The first kappa shape index (κ1) is 13.4. The van der Waals surface area contributed by atoms with E-state index < -0.39 is 30.1 Å². The number of aliphatic hydroxyl groups is 2. The molecular weight excluding hydrogens is 443 g/mol. The van der Waals surface area contributed by atoms with Crippen LogP contribution in [-0.2, 0) is 4.74 Å². The molecule has 1 aromatic heterocycles. The summed E-state index contributed by atoms with van der Waals surface area (Å²) in [4.78, 5) is 14.7. The number of nitrogens with zero attached hydrogens (tertiary/aromatic N) is 2. The molecule has 1 fully saturated rings. The van der Waals surface area contributed by atoms with Crippen molar-refractivity contribution in [3.63, 3.8) is 0 Å². The van der Waals surface area contributed by atoms with Crippen LogP contribution in [0.2, 0.25) is 0 Å². The van der Waals surface area contributed by atoms with Crippen molar-refractivity contribution in [2.45, 2.75) is 24.5 Å². The van der Waals surface area contributed by atoms with Gasteiger partial charge in [-0.1, -0.05) is 0 Å². The monoisotopic (exact) mass is 453 g/mol. The number of ether oxygens (including phenoxy) is 2. The molecule has 8 heteroatoms. The van der Waals surface area contributed by atoms with Crippen molar-refractivity contribution >= 4 is 0 Å². The molecule has 2 aliphatic heterocycles. The van der Waals surface area contributed by atoms with Gasteiger partial charge in [0, 0.05) is 56.3 Å². The molecule has 0 aliphatic carbocycles. The van der Waals surface area contributed by atoms with E-state index in [1.807, 2.05) is 0 Å². The second kappa shape index (κ2) is 4.94. The molecule has 2 N–H and O–H groups in total. The summed E-state index contributed by atoms with van der Waals surface area (Å²) in [6.45, 7) is -0.277. The number of aromatic nitrogens is 2. The van der Waals surface area contributed by atoms with E-state index in [4.69, 9.17) is 14.6 Å². The van der Waals surface area contributed by atoms with Crippen LogP contribution < -0.4 is 10.3 Å². The van der Waals surface area contributed by atoms with Gasteiger partial charge in [-0.2, -0.15) is 4.98 Å². The zero-order chi connectivity index (χ0) is 11.3. The summed E-state index contributed by atoms with van der Waals surface area (Å²) in [6, 6.07) is 1.43. The maximum atomic E-state index is 11.0. The van der Waals surface area contributed by atoms with E-state index in [0.29, 0.717) is 0 Å². The van der Waals surface area contributed by atoms with Crippen molar-refractivity contribution in [3.8, 4) is 6.01 Å². The van der Waals surface area contributed by atoms with Crippen LogP contribution in [0.5, 0.6) is 6.01 Å². The predicted octanol–water partition coefficient (Wildman–Crippen LogP) is -1.75. The van der Waals surface area contributed by atoms with Crippen LogP contribution in [0.15, 0.2) is 17.1 Å². The Balaban J connectivity index is 0.00000108. The van der Waals surface area contributed by atoms with E-state index in [1.165, 1.54) is 16.8 Å². The van der Waals surface area contributed by atoms with Crippen LogP contribution in [0.3, 0.4) is 0 Å². The molecule has 0 saturated carbocycles. The fourth-order valence-corrected chi connectivity index (χ4v) is 2.02. The molecule has 1 unspecified atom stereocenters. The zero-order valence-electron chi connectivity index (χ0n) is 8.76. The number of fused-ring (bicyclic) bond motifs is 3. The van der Waals surface area contributed by atoms with Crippen molar-refractivity contribution in [1.29, 1.82) is 0 Å². The van der Waals surface area contributed by atoms with Crippen molar-refractivity contribution < 1.29 is 63.7 Å². The second-order valence-corrected chi connectivity index (χ2v) is 3.78. The molecule has 0 aromatic carbocycles. The van der Waals surface area contributed by atoms with Gasteiger partial charge in [0.1, 0.15) is 12.2 Å². The second-order valence-electron chi connectivity index (χ2n) is 3.78. The first-order valence-corrected chi connectivity index (χ1v) is 4.91. The number of rotatable bonds is 1. The van der Waals surface area contributed by atoms with Crippen molar-refractivity contribution in [1.82, 2.24) is 9.55 Å². The van der Waals surface area contributed by atoms with E-state index in [1.54, 1.807) is 0 Å². The minimum atomic E-state index is -0.924. The molecule has 0 spiro atoms. The Labute approximate surface area is 132 Å². The van der Waals surface area contributed by atoms with Gasteiger partial charge in [0.15, 0.2) is 12.3 Å². The quantitative estimate of drug-likeness (QED) is 0.525. The van der Waals surface area contributed by atoms with Gasteiger partial charge in [0.25, 0.3) is 5.56 Å². The summed E-state index contributed by atoms with van der Waals surface area (Å²) in [7, 11) is 0. The van der Waals surface area contributed by atoms with Gasteiger partial charge >= 0.3 is 6.01 Å². The van der Waals surface area contributed by atoms with Crippen LogP contribution in [0, 0.1) is 44.1 Å². The molecule has 17 heavy (non-hydrogen) atoms. The van der Waals surface area contributed by atoms with Crippen LogP contribution in [0.4, 0.5) is 0 Å². The molecule has 3 rings (SSSR count). The summed E-state index contributed by atoms with van der Waals surface area (Å²) in [6.07, 6.45) is -1.24. The largest absolute Gasteiger partial charge is 0.453 e. The van der Waals surface area contributed by atoms with Crippen LogP contribution in [0.1, 0.15) is 6.23 Å². The topological polar surface area (TPSA) is 93.8 Å². The van der Waals surface area contributed by atoms with Gasteiger partial charge in [0.2, 0.25) is 0 Å². The zero-order valence-corrected chi connectivity index (χ0v) is 13.5. The van der Waals surface area contributed by atoms with E-state index in [9.17, 15) is 9.90 Å². The smallest absolute Gasteiger partial charge is 0.302 e. The molecule has 1 radical (unpaired) electrons. The fraction of sp³-hybridized carbons (Fsp3) is 0.556. The van der Waals surface area contributed by atoms with Crippen LogP contribution >= 0.6 is 0 Å². The third kappa shape index (κ3) is 2.06. The summed E-state index contributed by atoms with van der Waals surface area (Å²) in [5.74, 6) is 0.